The molecule has 11 atom stereocenters. The number of hydrogen-bond donors (Lipinski definition) is 6. The minimum absolute atomic E-state index is 0.0251. The number of aliphatic hydroxyl groups excluding tert-OH is 2. The van der Waals surface area contributed by atoms with Crippen molar-refractivity contribution in [1.29, 1.82) is 0 Å². The molecule has 4 aromatic rings. The van der Waals surface area contributed by atoms with Crippen LogP contribution in [-0.2, 0) is 37.5 Å². The van der Waals surface area contributed by atoms with Crippen LogP contribution in [0.15, 0.2) is 23.8 Å². The van der Waals surface area contributed by atoms with Crippen LogP contribution < -0.4 is 11.3 Å². The summed E-state index contributed by atoms with van der Waals surface area (Å²) in [7, 11) is -4.94. The number of aromatic amines is 1. The van der Waals surface area contributed by atoms with Crippen molar-refractivity contribution in [3.8, 4) is 0 Å². The number of hydrogen-bond acceptors (Lipinski definition) is 16. The molecule has 0 radical (unpaired) electrons. The van der Waals surface area contributed by atoms with Gasteiger partial charge < -0.3 is 35.1 Å². The van der Waals surface area contributed by atoms with E-state index in [1.807, 2.05) is 0 Å². The van der Waals surface area contributed by atoms with Crippen LogP contribution in [0.1, 0.15) is 18.5 Å². The minimum Gasteiger partial charge on any atom is -0.396 e. The van der Waals surface area contributed by atoms with Crippen LogP contribution in [-0.4, -0.2) is 98.4 Å². The Hall–Kier alpha value is -2.81. The Morgan fingerprint density at radius 2 is 1.89 bits per heavy atom. The Morgan fingerprint density at radius 3 is 2.68 bits per heavy atom. The van der Waals surface area contributed by atoms with Crippen LogP contribution >= 0.6 is 26.9 Å². The van der Waals surface area contributed by atoms with Gasteiger partial charge in [-0.25, -0.2) is 34.0 Å². The fourth-order valence-electron chi connectivity index (χ4n) is 7.28. The molecule has 0 amide bonds. The van der Waals surface area contributed by atoms with Gasteiger partial charge in [0.2, 0.25) is 0 Å². The second-order valence-corrected chi connectivity index (χ2v) is 16.3. The van der Waals surface area contributed by atoms with Crippen molar-refractivity contribution in [3.63, 3.8) is 0 Å². The van der Waals surface area contributed by atoms with E-state index in [0.717, 1.165) is 0 Å². The fourth-order valence-corrected chi connectivity index (χ4v) is 9.78. The average Bonchev–Trinajstić information content (AvgIpc) is 3.30. The molecule has 47 heavy (non-hydrogen) atoms. The van der Waals surface area contributed by atoms with Crippen LogP contribution in [0.4, 0.5) is 5.82 Å². The average molecular weight is 714 g/mol. The first-order valence-electron chi connectivity index (χ1n) is 14.5. The first kappa shape index (κ1) is 31.5. The summed E-state index contributed by atoms with van der Waals surface area (Å²) in [5.41, 5.74) is 5.13. The number of rotatable bonds is 3. The molecule has 2 aliphatic carbocycles. The number of ether oxygens (including phenoxy) is 1. The monoisotopic (exact) mass is 713 g/mol. The Morgan fingerprint density at radius 1 is 1.11 bits per heavy atom. The summed E-state index contributed by atoms with van der Waals surface area (Å²) in [6, 6.07) is 0. The number of H-pyrrole nitrogens is 1. The van der Waals surface area contributed by atoms with Crippen molar-refractivity contribution >= 4 is 55.0 Å². The quantitative estimate of drug-likeness (QED) is 0.121. The van der Waals surface area contributed by atoms with E-state index < -0.39 is 93.9 Å². The van der Waals surface area contributed by atoms with Crippen LogP contribution in [0.25, 0.3) is 22.3 Å². The smallest absolute Gasteiger partial charge is 0.396 e. The zero-order valence-corrected chi connectivity index (χ0v) is 27.0. The summed E-state index contributed by atoms with van der Waals surface area (Å²) in [5, 5.41) is 22.1. The molecular weight excluding hydrogens is 684 g/mol. The van der Waals surface area contributed by atoms with Gasteiger partial charge in [0.25, 0.3) is 5.56 Å². The van der Waals surface area contributed by atoms with E-state index in [1.165, 1.54) is 23.5 Å². The predicted molar refractivity (Wildman–Crippen MR) is 161 cm³/mol. The minimum atomic E-state index is -4.94. The number of anilines is 1. The molecule has 2 saturated heterocycles. The first-order chi connectivity index (χ1) is 22.3. The number of aryl methyl sites for hydroxylation is 1. The molecule has 4 fully saturated rings. The van der Waals surface area contributed by atoms with E-state index in [4.69, 9.17) is 28.6 Å². The summed E-state index contributed by atoms with van der Waals surface area (Å²) in [5.74, 6) is -1.83. The number of aliphatic hydroxyl groups is 2. The summed E-state index contributed by atoms with van der Waals surface area (Å²) in [6.07, 6.45) is -1.94. The SMILES string of the molecule is Cc1nc2c(ncn2[C@@H]2O[C@@H]3CO[P@](=O)(S)O[C@@H]4[C@@H](COP(=O)(O)O[C@@H]2[C@@H]3CO)[C@@H]2C[C@@]2(n2cnc3c(N)ncnc32)[C@@H]4O)c(=O)[nH]1. The number of nitrogen functional groups attached to an aromatic ring is 1. The maximum Gasteiger partial charge on any atom is 0.472 e. The molecule has 4 aromatic heterocycles. The third-order valence-corrected chi connectivity index (χ3v) is 12.1. The highest BCUT2D eigenvalue weighted by Gasteiger charge is 2.74. The van der Waals surface area contributed by atoms with Gasteiger partial charge in [-0.2, -0.15) is 0 Å². The van der Waals surface area contributed by atoms with E-state index >= 15 is 0 Å². The van der Waals surface area contributed by atoms with Crippen molar-refractivity contribution in [2.24, 2.45) is 17.8 Å². The third kappa shape index (κ3) is 4.91. The topological polar surface area (TPSA) is 274 Å². The zero-order chi connectivity index (χ0) is 33.0. The summed E-state index contributed by atoms with van der Waals surface area (Å²) >= 11 is 4.17. The van der Waals surface area contributed by atoms with Crippen LogP contribution in [0, 0.1) is 24.7 Å². The van der Waals surface area contributed by atoms with E-state index in [0.29, 0.717) is 17.6 Å². The van der Waals surface area contributed by atoms with Crippen molar-refractivity contribution < 1.29 is 47.1 Å². The van der Waals surface area contributed by atoms with Crippen LogP contribution in [0.5, 0.6) is 0 Å². The van der Waals surface area contributed by atoms with E-state index in [2.05, 4.69) is 42.2 Å². The summed E-state index contributed by atoms with van der Waals surface area (Å²) in [6.45, 7) is -4.26. The van der Waals surface area contributed by atoms with Gasteiger partial charge in [0, 0.05) is 11.8 Å². The van der Waals surface area contributed by atoms with E-state index in [9.17, 15) is 29.0 Å². The summed E-state index contributed by atoms with van der Waals surface area (Å²) in [4.78, 5) is 47.0. The molecule has 1 unspecified atom stereocenters. The molecule has 2 aliphatic heterocycles. The fraction of sp³-hybridized carbons (Fsp3) is 0.583. The van der Waals surface area contributed by atoms with Gasteiger partial charge >= 0.3 is 14.6 Å². The molecule has 4 aliphatic rings. The van der Waals surface area contributed by atoms with Crippen LogP contribution in [0.2, 0.25) is 0 Å². The molecule has 23 heteroatoms. The standard InChI is InChI=1S/C24H29N9O11P2S/c1-9-30-21-15(22(36)31-9)28-7-32(21)23-17-10(3-34)13(42-23)5-41-46(39,47)44-16-11(4-40-45(37,38)43-17)12-2-24(12,18(16)35)33-8-29-14-19(25)26-6-27-20(14)33/h6-8,10-13,16-18,23,34-35H,2-5H2,1H3,(H,37,38)(H,39,47)(H2,25,26,27)(H,30,31,36)/t10-,11+,12+,13-,16-,17-,18-,23-,24+,46+/m1/s1. The number of nitrogens with two attached hydrogens (primary N) is 1. The molecule has 6 heterocycles. The van der Waals surface area contributed by atoms with Crippen molar-refractivity contribution in [2.45, 2.75) is 49.5 Å². The predicted octanol–water partition coefficient (Wildman–Crippen LogP) is 0.0174. The normalized spacial score (nSPS) is 40.4. The molecular formula is C24H29N9O11P2S. The molecule has 0 spiro atoms. The van der Waals surface area contributed by atoms with Gasteiger partial charge in [-0.1, -0.05) is 12.2 Å². The first-order valence-corrected chi connectivity index (χ1v) is 18.7. The van der Waals surface area contributed by atoms with Gasteiger partial charge in [-0.15, -0.1) is 0 Å². The molecule has 20 nitrogen and oxygen atoms in total. The Bertz CT molecular complexity index is 2060. The summed E-state index contributed by atoms with van der Waals surface area (Å²) < 4.78 is 59.0. The highest BCUT2D eigenvalue weighted by molar-refractivity contribution is 8.44. The number of nitrogens with one attached hydrogen (secondary N) is 1. The highest BCUT2D eigenvalue weighted by Crippen LogP contribution is 2.69. The number of aromatic nitrogens is 8. The van der Waals surface area contributed by atoms with E-state index in [1.54, 1.807) is 11.5 Å². The lowest BCUT2D eigenvalue weighted by molar-refractivity contribution is -0.0574. The molecule has 6 N–H and O–H groups in total. The van der Waals surface area contributed by atoms with Gasteiger partial charge in [0.1, 0.15) is 36.0 Å². The number of fused-ring (bicyclic) bond motifs is 7. The molecule has 8 rings (SSSR count). The highest BCUT2D eigenvalue weighted by atomic mass is 32.7. The van der Waals surface area contributed by atoms with Gasteiger partial charge in [0.15, 0.2) is 28.9 Å². The van der Waals surface area contributed by atoms with Crippen molar-refractivity contribution in [2.75, 3.05) is 25.6 Å². The second-order valence-electron chi connectivity index (χ2n) is 12.0. The molecule has 2 saturated carbocycles. The van der Waals surface area contributed by atoms with Crippen LogP contribution in [0.3, 0.4) is 0 Å². The maximum absolute atomic E-state index is 13.7. The largest absolute Gasteiger partial charge is 0.472 e. The Labute approximate surface area is 268 Å². The zero-order valence-electron chi connectivity index (χ0n) is 24.3. The lowest BCUT2D eigenvalue weighted by Crippen LogP contribution is -2.40. The number of phosphoric ester groups is 1. The maximum atomic E-state index is 13.7. The number of nitrogens with zero attached hydrogens (tertiary/aromatic N) is 7. The molecule has 0 aromatic carbocycles. The number of imidazole rings is 2. The van der Waals surface area contributed by atoms with Gasteiger partial charge in [-0.3, -0.25) is 27.5 Å². The Balaban J connectivity index is 1.15. The Kier molecular flexibility index (Phi) is 7.26. The third-order valence-electron chi connectivity index (χ3n) is 9.47. The van der Waals surface area contributed by atoms with Crippen molar-refractivity contribution in [1.82, 2.24) is 39.0 Å². The number of thiol groups is 1. The molecule has 252 valence electrons. The van der Waals surface area contributed by atoms with Gasteiger partial charge in [-0.05, 0) is 19.3 Å². The molecule has 2 bridgehead atoms. The lowest BCUT2D eigenvalue weighted by Gasteiger charge is -2.30. The number of phosphoric acid groups is 1. The van der Waals surface area contributed by atoms with E-state index in [-0.39, 0.29) is 22.8 Å². The van der Waals surface area contributed by atoms with Crippen molar-refractivity contribution in [3.05, 3.63) is 35.2 Å². The lowest BCUT2D eigenvalue weighted by atomic mass is 9.99. The van der Waals surface area contributed by atoms with Gasteiger partial charge in [0.05, 0.1) is 44.1 Å². The second kappa shape index (κ2) is 10.8.